The van der Waals surface area contributed by atoms with E-state index in [4.69, 9.17) is 16.7 Å². The molecule has 0 heterocycles. The summed E-state index contributed by atoms with van der Waals surface area (Å²) in [5, 5.41) is 8.17. The number of hydrogen-bond donors (Lipinski definition) is 1. The summed E-state index contributed by atoms with van der Waals surface area (Å²) in [6.07, 6.45) is 0. The number of carbonyl (C=O) groups is 1. The largest absolute Gasteiger partial charge is 0.504 e. The Hall–Kier alpha value is -0.610. The Morgan fingerprint density at radius 2 is 2.17 bits per heavy atom. The van der Waals surface area contributed by atoms with Crippen LogP contribution in [0.25, 0.3) is 0 Å². The second kappa shape index (κ2) is 3.41. The molecule has 0 aliphatic rings. The summed E-state index contributed by atoms with van der Waals surface area (Å²) in [6.45, 7) is 0. The molecule has 1 N–H and O–H groups in total. The summed E-state index contributed by atoms with van der Waals surface area (Å²) in [5.74, 6) is -1.41. The maximum atomic E-state index is 12.7. The van der Waals surface area contributed by atoms with Crippen LogP contribution in [-0.4, -0.2) is 10.3 Å². The molecule has 0 atom stereocenters. The molecule has 2 nitrogen and oxygen atoms in total. The van der Waals surface area contributed by atoms with Gasteiger partial charge in [0.05, 0.1) is 4.47 Å². The van der Waals surface area contributed by atoms with Gasteiger partial charge in [-0.2, -0.15) is 0 Å². The molecule has 0 aliphatic heterocycles. The standard InChI is InChI=1S/C7H3BrClFO2/c8-4-1-3(7(9)12)2-5(10)6(4)11/h1-2,11H. The van der Waals surface area contributed by atoms with E-state index >= 15 is 0 Å². The lowest BCUT2D eigenvalue weighted by molar-refractivity contribution is 0.108. The van der Waals surface area contributed by atoms with E-state index < -0.39 is 16.8 Å². The van der Waals surface area contributed by atoms with Crippen molar-refractivity contribution in [3.63, 3.8) is 0 Å². The van der Waals surface area contributed by atoms with E-state index in [1.165, 1.54) is 6.07 Å². The Bertz CT molecular complexity index is 317. The SMILES string of the molecule is O=C(Cl)c1cc(F)c(O)c(Br)c1. The second-order valence-electron chi connectivity index (χ2n) is 2.06. The average Bonchev–Trinajstić information content (AvgIpc) is 1.99. The van der Waals surface area contributed by atoms with E-state index in [2.05, 4.69) is 15.9 Å². The summed E-state index contributed by atoms with van der Waals surface area (Å²) >= 11 is 7.96. The van der Waals surface area contributed by atoms with Gasteiger partial charge in [-0.3, -0.25) is 4.79 Å². The van der Waals surface area contributed by atoms with Gasteiger partial charge in [0.2, 0.25) is 0 Å². The van der Waals surface area contributed by atoms with Gasteiger partial charge in [-0.15, -0.1) is 0 Å². The van der Waals surface area contributed by atoms with Crippen LogP contribution in [0.2, 0.25) is 0 Å². The maximum Gasteiger partial charge on any atom is 0.252 e. The van der Waals surface area contributed by atoms with Crippen molar-refractivity contribution in [1.82, 2.24) is 0 Å². The molecule has 0 amide bonds. The first-order valence-corrected chi connectivity index (χ1v) is 4.07. The minimum atomic E-state index is -0.881. The molecule has 1 aromatic carbocycles. The van der Waals surface area contributed by atoms with Crippen molar-refractivity contribution >= 4 is 32.8 Å². The molecule has 1 rings (SSSR count). The minimum absolute atomic E-state index is 0.00107. The lowest BCUT2D eigenvalue weighted by Gasteiger charge is -1.99. The van der Waals surface area contributed by atoms with Gasteiger partial charge in [-0.1, -0.05) is 0 Å². The van der Waals surface area contributed by atoms with Crippen molar-refractivity contribution in [2.75, 3.05) is 0 Å². The number of carbonyl (C=O) groups excluding carboxylic acids is 1. The van der Waals surface area contributed by atoms with Crippen LogP contribution in [0.5, 0.6) is 5.75 Å². The third kappa shape index (κ3) is 1.76. The number of benzene rings is 1. The van der Waals surface area contributed by atoms with E-state index in [1.54, 1.807) is 0 Å². The van der Waals surface area contributed by atoms with Gasteiger partial charge in [-0.25, -0.2) is 4.39 Å². The molecule has 12 heavy (non-hydrogen) atoms. The van der Waals surface area contributed by atoms with E-state index in [-0.39, 0.29) is 10.0 Å². The van der Waals surface area contributed by atoms with Crippen LogP contribution in [0.4, 0.5) is 4.39 Å². The van der Waals surface area contributed by atoms with Crippen LogP contribution in [0.1, 0.15) is 10.4 Å². The molecule has 0 spiro atoms. The van der Waals surface area contributed by atoms with Crippen LogP contribution >= 0.6 is 27.5 Å². The molecule has 0 aliphatic carbocycles. The number of halogens is 3. The summed E-state index contributed by atoms with van der Waals surface area (Å²) in [5.41, 5.74) is -0.00107. The highest BCUT2D eigenvalue weighted by Gasteiger charge is 2.10. The molecular formula is C7H3BrClFO2. The fourth-order valence-electron chi connectivity index (χ4n) is 0.679. The van der Waals surface area contributed by atoms with Crippen LogP contribution in [0.15, 0.2) is 16.6 Å². The molecular weight excluding hydrogens is 250 g/mol. The summed E-state index contributed by atoms with van der Waals surface area (Å²) < 4.78 is 12.8. The molecule has 5 heteroatoms. The van der Waals surface area contributed by atoms with Gasteiger partial charge >= 0.3 is 0 Å². The minimum Gasteiger partial charge on any atom is -0.504 e. The van der Waals surface area contributed by atoms with Gasteiger partial charge < -0.3 is 5.11 Å². The molecule has 0 radical (unpaired) electrons. The van der Waals surface area contributed by atoms with Crippen LogP contribution in [0.3, 0.4) is 0 Å². The number of rotatable bonds is 1. The van der Waals surface area contributed by atoms with Crippen LogP contribution in [0, 0.1) is 5.82 Å². The van der Waals surface area contributed by atoms with Crippen molar-refractivity contribution < 1.29 is 14.3 Å². The second-order valence-corrected chi connectivity index (χ2v) is 3.26. The monoisotopic (exact) mass is 252 g/mol. The number of phenols is 1. The first-order chi connectivity index (χ1) is 5.52. The van der Waals surface area contributed by atoms with E-state index in [0.717, 1.165) is 6.07 Å². The van der Waals surface area contributed by atoms with Gasteiger partial charge in [0, 0.05) is 5.56 Å². The van der Waals surface area contributed by atoms with Gasteiger partial charge in [0.1, 0.15) is 0 Å². The van der Waals surface area contributed by atoms with Gasteiger partial charge in [0.15, 0.2) is 11.6 Å². The lowest BCUT2D eigenvalue weighted by atomic mass is 10.2. The van der Waals surface area contributed by atoms with Crippen molar-refractivity contribution in [2.24, 2.45) is 0 Å². The van der Waals surface area contributed by atoms with E-state index in [0.29, 0.717) is 0 Å². The third-order valence-electron chi connectivity index (χ3n) is 1.24. The Labute approximate surface area is 81.1 Å². The summed E-state index contributed by atoms with van der Waals surface area (Å²) in [6, 6.07) is 2.11. The Balaban J connectivity index is 3.31. The molecule has 0 unspecified atom stereocenters. The normalized spacial score (nSPS) is 9.92. The van der Waals surface area contributed by atoms with Gasteiger partial charge in [0.25, 0.3) is 5.24 Å². The molecule has 0 saturated heterocycles. The zero-order valence-electron chi connectivity index (χ0n) is 5.64. The van der Waals surface area contributed by atoms with Crippen LogP contribution in [-0.2, 0) is 0 Å². The maximum absolute atomic E-state index is 12.7. The molecule has 0 fully saturated rings. The third-order valence-corrected chi connectivity index (χ3v) is 2.07. The predicted octanol–water partition coefficient (Wildman–Crippen LogP) is 2.67. The molecule has 64 valence electrons. The number of aromatic hydroxyl groups is 1. The zero-order chi connectivity index (χ0) is 9.30. The number of hydrogen-bond acceptors (Lipinski definition) is 2. The van der Waals surface area contributed by atoms with E-state index in [9.17, 15) is 9.18 Å². The topological polar surface area (TPSA) is 37.3 Å². The first-order valence-electron chi connectivity index (χ1n) is 2.90. The molecule has 0 saturated carbocycles. The fraction of sp³-hybridized carbons (Fsp3) is 0. The summed E-state index contributed by atoms with van der Waals surface area (Å²) in [4.78, 5) is 10.6. The van der Waals surface area contributed by atoms with Gasteiger partial charge in [-0.05, 0) is 39.7 Å². The quantitative estimate of drug-likeness (QED) is 0.781. The number of phenolic OH excluding ortho intramolecular Hbond substituents is 1. The molecule has 0 aromatic heterocycles. The van der Waals surface area contributed by atoms with Crippen LogP contribution < -0.4 is 0 Å². The predicted molar refractivity (Wildman–Crippen MR) is 45.9 cm³/mol. The van der Waals surface area contributed by atoms with Crippen molar-refractivity contribution in [3.8, 4) is 5.75 Å². The Morgan fingerprint density at radius 1 is 1.58 bits per heavy atom. The highest BCUT2D eigenvalue weighted by Crippen LogP contribution is 2.28. The fourth-order valence-corrected chi connectivity index (χ4v) is 1.22. The van der Waals surface area contributed by atoms with E-state index in [1.807, 2.05) is 0 Å². The van der Waals surface area contributed by atoms with Crippen molar-refractivity contribution in [2.45, 2.75) is 0 Å². The molecule has 0 bridgehead atoms. The molecule has 1 aromatic rings. The Morgan fingerprint density at radius 3 is 2.58 bits per heavy atom. The lowest BCUT2D eigenvalue weighted by Crippen LogP contribution is -1.90. The smallest absolute Gasteiger partial charge is 0.252 e. The highest BCUT2D eigenvalue weighted by atomic mass is 79.9. The van der Waals surface area contributed by atoms with Crippen molar-refractivity contribution in [3.05, 3.63) is 28.0 Å². The Kier molecular flexibility index (Phi) is 2.69. The van der Waals surface area contributed by atoms with Crippen molar-refractivity contribution in [1.29, 1.82) is 0 Å². The first kappa shape index (κ1) is 9.48. The highest BCUT2D eigenvalue weighted by molar-refractivity contribution is 9.10. The zero-order valence-corrected chi connectivity index (χ0v) is 7.99. The average molecular weight is 253 g/mol. The summed E-state index contributed by atoms with van der Waals surface area (Å²) in [7, 11) is 0.